The van der Waals surface area contributed by atoms with Gasteiger partial charge in [-0.25, -0.2) is 4.98 Å². The van der Waals surface area contributed by atoms with Gasteiger partial charge in [-0.15, -0.1) is 0 Å². The van der Waals surface area contributed by atoms with E-state index in [1.807, 2.05) is 32.0 Å². The molecule has 0 saturated heterocycles. The fourth-order valence-corrected chi connectivity index (χ4v) is 3.05. The Balaban J connectivity index is 1.83. The summed E-state index contributed by atoms with van der Waals surface area (Å²) in [6, 6.07) is 16.4. The van der Waals surface area contributed by atoms with E-state index in [-0.39, 0.29) is 5.56 Å². The van der Waals surface area contributed by atoms with Crippen molar-refractivity contribution in [3.63, 3.8) is 0 Å². The van der Waals surface area contributed by atoms with Crippen LogP contribution in [0.15, 0.2) is 53.3 Å². The molecule has 0 spiro atoms. The molecule has 0 bridgehead atoms. The van der Waals surface area contributed by atoms with Crippen LogP contribution in [-0.2, 0) is 6.54 Å². The third kappa shape index (κ3) is 2.32. The number of hydrogen-bond donors (Lipinski definition) is 1. The third-order valence-electron chi connectivity index (χ3n) is 4.23. The normalized spacial score (nSPS) is 11.4. The lowest BCUT2D eigenvalue weighted by Gasteiger charge is -2.10. The van der Waals surface area contributed by atoms with E-state index in [1.165, 1.54) is 10.8 Å². The van der Waals surface area contributed by atoms with Gasteiger partial charge in [-0.3, -0.25) is 9.36 Å². The average molecular weight is 303 g/mol. The number of rotatable bonds is 2. The van der Waals surface area contributed by atoms with Crippen LogP contribution in [0.4, 0.5) is 0 Å². The molecule has 4 nitrogen and oxygen atoms in total. The molecule has 0 unspecified atom stereocenters. The minimum absolute atomic E-state index is 0.00464. The van der Waals surface area contributed by atoms with Crippen LogP contribution in [0, 0.1) is 13.8 Å². The van der Waals surface area contributed by atoms with E-state index < -0.39 is 0 Å². The van der Waals surface area contributed by atoms with Gasteiger partial charge in [-0.1, -0.05) is 36.4 Å². The number of fused-ring (bicyclic) bond motifs is 2. The summed E-state index contributed by atoms with van der Waals surface area (Å²) < 4.78 is 1.74. The van der Waals surface area contributed by atoms with E-state index >= 15 is 0 Å². The molecular weight excluding hydrogens is 286 g/mol. The Morgan fingerprint density at radius 1 is 1.04 bits per heavy atom. The first-order valence-corrected chi connectivity index (χ1v) is 7.66. The number of aromatic nitrogens is 3. The fraction of sp³-hybridized carbons (Fsp3) is 0.158. The van der Waals surface area contributed by atoms with E-state index in [0.717, 1.165) is 17.1 Å². The predicted molar refractivity (Wildman–Crippen MR) is 92.9 cm³/mol. The van der Waals surface area contributed by atoms with Gasteiger partial charge in [-0.2, -0.15) is 0 Å². The molecule has 1 N–H and O–H groups in total. The van der Waals surface area contributed by atoms with Crippen molar-refractivity contribution in [2.45, 2.75) is 20.4 Å². The molecule has 23 heavy (non-hydrogen) atoms. The number of hydrogen-bond acceptors (Lipinski definition) is 2. The highest BCUT2D eigenvalue weighted by Crippen LogP contribution is 2.17. The SMILES string of the molecule is Cc1cc2c(=O)n(Cc3ccc4ccccc4c3)c(C)nc2[nH]1. The van der Waals surface area contributed by atoms with Crippen LogP contribution < -0.4 is 5.56 Å². The second-order valence-corrected chi connectivity index (χ2v) is 5.95. The summed E-state index contributed by atoms with van der Waals surface area (Å²) in [6.45, 7) is 4.34. The van der Waals surface area contributed by atoms with Crippen LogP contribution in [0.1, 0.15) is 17.1 Å². The molecule has 4 rings (SSSR count). The molecular formula is C19H17N3O. The van der Waals surface area contributed by atoms with Crippen molar-refractivity contribution in [1.82, 2.24) is 14.5 Å². The zero-order valence-electron chi connectivity index (χ0n) is 13.1. The van der Waals surface area contributed by atoms with Crippen molar-refractivity contribution >= 4 is 21.8 Å². The van der Waals surface area contributed by atoms with Crippen LogP contribution in [0.2, 0.25) is 0 Å². The van der Waals surface area contributed by atoms with Crippen molar-refractivity contribution in [2.24, 2.45) is 0 Å². The molecule has 0 amide bonds. The molecule has 0 aliphatic heterocycles. The highest BCUT2D eigenvalue weighted by molar-refractivity contribution is 5.83. The molecule has 2 heterocycles. The Morgan fingerprint density at radius 3 is 2.65 bits per heavy atom. The lowest BCUT2D eigenvalue weighted by molar-refractivity contribution is 0.712. The van der Waals surface area contributed by atoms with Crippen LogP contribution in [-0.4, -0.2) is 14.5 Å². The monoisotopic (exact) mass is 303 g/mol. The lowest BCUT2D eigenvalue weighted by Crippen LogP contribution is -2.24. The van der Waals surface area contributed by atoms with Gasteiger partial charge in [0, 0.05) is 5.69 Å². The van der Waals surface area contributed by atoms with Crippen molar-refractivity contribution < 1.29 is 0 Å². The summed E-state index contributed by atoms with van der Waals surface area (Å²) >= 11 is 0. The van der Waals surface area contributed by atoms with Gasteiger partial charge in [0.2, 0.25) is 0 Å². The maximum Gasteiger partial charge on any atom is 0.263 e. The van der Waals surface area contributed by atoms with Crippen molar-refractivity contribution in [2.75, 3.05) is 0 Å². The largest absolute Gasteiger partial charge is 0.343 e. The molecule has 0 fully saturated rings. The Morgan fingerprint density at radius 2 is 1.83 bits per heavy atom. The number of benzene rings is 2. The van der Waals surface area contributed by atoms with Gasteiger partial charge in [0.25, 0.3) is 5.56 Å². The molecule has 0 aliphatic rings. The Hall–Kier alpha value is -2.88. The Kier molecular flexibility index (Phi) is 3.05. The molecule has 0 radical (unpaired) electrons. The quantitative estimate of drug-likeness (QED) is 0.616. The number of nitrogens with zero attached hydrogens (tertiary/aromatic N) is 2. The maximum atomic E-state index is 12.7. The molecule has 114 valence electrons. The van der Waals surface area contributed by atoms with Gasteiger partial charge in [0.05, 0.1) is 11.9 Å². The standard InChI is InChI=1S/C19H17N3O/c1-12-9-17-18(20-12)21-13(2)22(19(17)23)11-14-7-8-15-5-3-4-6-16(15)10-14/h3-10,20H,11H2,1-2H3. The zero-order chi connectivity index (χ0) is 16.0. The number of aryl methyl sites for hydroxylation is 2. The predicted octanol–water partition coefficient (Wildman–Crippen LogP) is 3.54. The van der Waals surface area contributed by atoms with E-state index in [2.05, 4.69) is 40.3 Å². The summed E-state index contributed by atoms with van der Waals surface area (Å²) in [5.41, 5.74) is 2.72. The molecule has 2 aromatic carbocycles. The lowest BCUT2D eigenvalue weighted by atomic mass is 10.1. The zero-order valence-corrected chi connectivity index (χ0v) is 13.1. The minimum Gasteiger partial charge on any atom is -0.343 e. The van der Waals surface area contributed by atoms with E-state index in [4.69, 9.17) is 0 Å². The summed E-state index contributed by atoms with van der Waals surface area (Å²) in [5.74, 6) is 0.720. The van der Waals surface area contributed by atoms with Crippen molar-refractivity contribution in [3.8, 4) is 0 Å². The number of nitrogens with one attached hydrogen (secondary N) is 1. The molecule has 0 aliphatic carbocycles. The number of H-pyrrole nitrogens is 1. The van der Waals surface area contributed by atoms with Gasteiger partial charge in [0.15, 0.2) is 0 Å². The van der Waals surface area contributed by atoms with Gasteiger partial charge in [-0.05, 0) is 42.3 Å². The van der Waals surface area contributed by atoms with Crippen LogP contribution >= 0.6 is 0 Å². The average Bonchev–Trinajstić information content (AvgIpc) is 2.92. The second-order valence-electron chi connectivity index (χ2n) is 5.95. The van der Waals surface area contributed by atoms with E-state index in [0.29, 0.717) is 17.6 Å². The van der Waals surface area contributed by atoms with Gasteiger partial charge in [0.1, 0.15) is 11.5 Å². The van der Waals surface area contributed by atoms with E-state index in [1.54, 1.807) is 4.57 Å². The van der Waals surface area contributed by atoms with E-state index in [9.17, 15) is 4.79 Å². The number of aromatic amines is 1. The Labute approximate surface area is 133 Å². The minimum atomic E-state index is 0.00464. The summed E-state index contributed by atoms with van der Waals surface area (Å²) in [6.07, 6.45) is 0. The van der Waals surface area contributed by atoms with Crippen LogP contribution in [0.5, 0.6) is 0 Å². The Bertz CT molecular complexity index is 1090. The molecule has 4 heteroatoms. The third-order valence-corrected chi connectivity index (χ3v) is 4.23. The molecule has 0 saturated carbocycles. The van der Waals surface area contributed by atoms with Gasteiger partial charge >= 0.3 is 0 Å². The van der Waals surface area contributed by atoms with Crippen molar-refractivity contribution in [3.05, 3.63) is 76.0 Å². The molecule has 2 aromatic heterocycles. The fourth-order valence-electron chi connectivity index (χ4n) is 3.05. The summed E-state index contributed by atoms with van der Waals surface area (Å²) in [5, 5.41) is 3.03. The summed E-state index contributed by atoms with van der Waals surface area (Å²) in [4.78, 5) is 20.4. The van der Waals surface area contributed by atoms with Crippen molar-refractivity contribution in [1.29, 1.82) is 0 Å². The smallest absolute Gasteiger partial charge is 0.263 e. The van der Waals surface area contributed by atoms with Crippen LogP contribution in [0.3, 0.4) is 0 Å². The first kappa shape index (κ1) is 13.8. The highest BCUT2D eigenvalue weighted by atomic mass is 16.1. The maximum absolute atomic E-state index is 12.7. The molecule has 0 atom stereocenters. The highest BCUT2D eigenvalue weighted by Gasteiger charge is 2.10. The molecule has 4 aromatic rings. The first-order chi connectivity index (χ1) is 11.1. The summed E-state index contributed by atoms with van der Waals surface area (Å²) in [7, 11) is 0. The van der Waals surface area contributed by atoms with Crippen LogP contribution in [0.25, 0.3) is 21.8 Å². The van der Waals surface area contributed by atoms with Gasteiger partial charge < -0.3 is 4.98 Å². The first-order valence-electron chi connectivity index (χ1n) is 7.66. The topological polar surface area (TPSA) is 50.7 Å². The second kappa shape index (κ2) is 5.09.